The van der Waals surface area contributed by atoms with Gasteiger partial charge in [0.15, 0.2) is 0 Å². The molecule has 0 spiro atoms. The van der Waals surface area contributed by atoms with E-state index >= 15 is 0 Å². The SMILES string of the molecule is COC(=O)c1ccn2c(C=NO)c(-c3cc(F)ccc3-c3cn(C)nc3F)nc2c1. The summed E-state index contributed by atoms with van der Waals surface area (Å²) in [4.78, 5) is 16.3. The van der Waals surface area contributed by atoms with Crippen LogP contribution in [0.15, 0.2) is 47.9 Å². The van der Waals surface area contributed by atoms with Crippen LogP contribution in [-0.4, -0.2) is 43.7 Å². The summed E-state index contributed by atoms with van der Waals surface area (Å²) in [6.45, 7) is 0. The van der Waals surface area contributed by atoms with Gasteiger partial charge in [-0.2, -0.15) is 4.39 Å². The van der Waals surface area contributed by atoms with Crippen molar-refractivity contribution in [1.82, 2.24) is 19.2 Å². The van der Waals surface area contributed by atoms with Gasteiger partial charge in [0.25, 0.3) is 0 Å². The van der Waals surface area contributed by atoms with Gasteiger partial charge in [-0.05, 0) is 29.8 Å². The Balaban J connectivity index is 2.01. The molecular weight excluding hydrogens is 396 g/mol. The fourth-order valence-corrected chi connectivity index (χ4v) is 3.27. The van der Waals surface area contributed by atoms with E-state index < -0.39 is 17.7 Å². The number of aryl methyl sites for hydroxylation is 1. The van der Waals surface area contributed by atoms with Gasteiger partial charge in [-0.25, -0.2) is 14.2 Å². The summed E-state index contributed by atoms with van der Waals surface area (Å²) in [5.41, 5.74) is 1.89. The number of rotatable bonds is 4. The topological polar surface area (TPSA) is 94.0 Å². The molecule has 0 saturated heterocycles. The Bertz CT molecular complexity index is 1310. The zero-order valence-corrected chi connectivity index (χ0v) is 15.9. The molecule has 4 rings (SSSR count). The summed E-state index contributed by atoms with van der Waals surface area (Å²) in [7, 11) is 2.83. The van der Waals surface area contributed by atoms with Crippen LogP contribution in [-0.2, 0) is 11.8 Å². The van der Waals surface area contributed by atoms with E-state index in [0.29, 0.717) is 16.9 Å². The molecule has 1 N–H and O–H groups in total. The molecule has 0 amide bonds. The first-order valence-corrected chi connectivity index (χ1v) is 8.70. The third kappa shape index (κ3) is 3.17. The Morgan fingerprint density at radius 2 is 2.00 bits per heavy atom. The minimum Gasteiger partial charge on any atom is -0.465 e. The highest BCUT2D eigenvalue weighted by molar-refractivity contribution is 5.95. The smallest absolute Gasteiger partial charge is 0.338 e. The number of methoxy groups -OCH3 is 1. The van der Waals surface area contributed by atoms with Crippen LogP contribution < -0.4 is 0 Å². The standard InChI is InChI=1S/C20H15F2N5O3/c1-26-10-15(19(22)25-26)13-4-3-12(21)8-14(13)18-16(9-23-29)27-6-5-11(20(28)30-2)7-17(27)24-18/h3-10,29H,1-2H3. The molecule has 4 aromatic rings. The van der Waals surface area contributed by atoms with E-state index in [-0.39, 0.29) is 22.4 Å². The molecule has 3 heterocycles. The van der Waals surface area contributed by atoms with E-state index in [4.69, 9.17) is 9.94 Å². The summed E-state index contributed by atoms with van der Waals surface area (Å²) in [5.74, 6) is -1.83. The number of hydrogen-bond acceptors (Lipinski definition) is 6. The van der Waals surface area contributed by atoms with Crippen molar-refractivity contribution in [3.63, 3.8) is 0 Å². The van der Waals surface area contributed by atoms with Crippen molar-refractivity contribution in [3.05, 3.63) is 65.7 Å². The zero-order valence-electron chi connectivity index (χ0n) is 15.9. The first-order chi connectivity index (χ1) is 14.4. The molecule has 0 unspecified atom stereocenters. The van der Waals surface area contributed by atoms with Gasteiger partial charge in [-0.1, -0.05) is 11.2 Å². The first-order valence-electron chi connectivity index (χ1n) is 8.70. The molecule has 0 fully saturated rings. The zero-order chi connectivity index (χ0) is 21.4. The molecule has 30 heavy (non-hydrogen) atoms. The first kappa shape index (κ1) is 19.2. The van der Waals surface area contributed by atoms with Gasteiger partial charge in [-0.3, -0.25) is 9.08 Å². The van der Waals surface area contributed by atoms with Crippen LogP contribution in [0.5, 0.6) is 0 Å². The van der Waals surface area contributed by atoms with Crippen LogP contribution in [0, 0.1) is 11.8 Å². The molecular formula is C20H15F2N5O3. The number of nitrogens with zero attached hydrogens (tertiary/aromatic N) is 5. The number of halogens is 2. The van der Waals surface area contributed by atoms with Crippen molar-refractivity contribution >= 4 is 17.8 Å². The predicted molar refractivity (Wildman–Crippen MR) is 103 cm³/mol. The second-order valence-electron chi connectivity index (χ2n) is 6.42. The van der Waals surface area contributed by atoms with Gasteiger partial charge < -0.3 is 9.94 Å². The normalized spacial score (nSPS) is 11.5. The molecule has 152 valence electrons. The molecule has 0 saturated carbocycles. The molecule has 0 aliphatic carbocycles. The van der Waals surface area contributed by atoms with Crippen molar-refractivity contribution in [2.45, 2.75) is 0 Å². The van der Waals surface area contributed by atoms with E-state index in [2.05, 4.69) is 15.2 Å². The average Bonchev–Trinajstić information content (AvgIpc) is 3.26. The van der Waals surface area contributed by atoms with Crippen molar-refractivity contribution < 1.29 is 23.5 Å². The van der Waals surface area contributed by atoms with Crippen LogP contribution in [0.2, 0.25) is 0 Å². The Labute approximate surface area is 168 Å². The number of ether oxygens (including phenoxy) is 1. The third-order valence-corrected chi connectivity index (χ3v) is 4.57. The molecule has 0 radical (unpaired) electrons. The van der Waals surface area contributed by atoms with Gasteiger partial charge in [0.1, 0.15) is 11.5 Å². The van der Waals surface area contributed by atoms with E-state index in [9.17, 15) is 13.6 Å². The van der Waals surface area contributed by atoms with E-state index in [1.807, 2.05) is 0 Å². The maximum absolute atomic E-state index is 14.4. The summed E-state index contributed by atoms with van der Waals surface area (Å²) in [5, 5.41) is 15.9. The van der Waals surface area contributed by atoms with Crippen molar-refractivity contribution in [3.8, 4) is 22.4 Å². The number of oxime groups is 1. The number of benzene rings is 1. The minimum absolute atomic E-state index is 0.159. The minimum atomic E-state index is -0.723. The summed E-state index contributed by atoms with van der Waals surface area (Å²) in [6.07, 6.45) is 4.14. The van der Waals surface area contributed by atoms with E-state index in [0.717, 1.165) is 6.21 Å². The average molecular weight is 411 g/mol. The maximum atomic E-state index is 14.4. The van der Waals surface area contributed by atoms with E-state index in [1.54, 1.807) is 17.6 Å². The van der Waals surface area contributed by atoms with Crippen LogP contribution in [0.3, 0.4) is 0 Å². The Hall–Kier alpha value is -4.08. The number of carbonyl (C=O) groups excluding carboxylic acids is 1. The third-order valence-electron chi connectivity index (χ3n) is 4.57. The Morgan fingerprint density at radius 1 is 1.20 bits per heavy atom. The van der Waals surface area contributed by atoms with Crippen molar-refractivity contribution in [2.75, 3.05) is 7.11 Å². The quantitative estimate of drug-likeness (QED) is 0.241. The lowest BCUT2D eigenvalue weighted by Gasteiger charge is -2.07. The number of carbonyl (C=O) groups is 1. The number of imidazole rings is 1. The van der Waals surface area contributed by atoms with E-state index in [1.165, 1.54) is 48.3 Å². The second kappa shape index (κ2) is 7.39. The fraction of sp³-hybridized carbons (Fsp3) is 0.100. The van der Waals surface area contributed by atoms with Crippen molar-refractivity contribution in [1.29, 1.82) is 0 Å². The van der Waals surface area contributed by atoms with Gasteiger partial charge in [0.2, 0.25) is 5.95 Å². The number of esters is 1. The highest BCUT2D eigenvalue weighted by Crippen LogP contribution is 2.35. The molecule has 8 nitrogen and oxygen atoms in total. The lowest BCUT2D eigenvalue weighted by atomic mass is 9.98. The summed E-state index contributed by atoms with van der Waals surface area (Å²) in [6, 6.07) is 6.82. The highest BCUT2D eigenvalue weighted by atomic mass is 19.1. The van der Waals surface area contributed by atoms with Gasteiger partial charge in [0, 0.05) is 25.0 Å². The van der Waals surface area contributed by atoms with Gasteiger partial charge in [-0.15, -0.1) is 5.10 Å². The summed E-state index contributed by atoms with van der Waals surface area (Å²) >= 11 is 0. The molecule has 0 aliphatic heterocycles. The molecule has 0 aliphatic rings. The molecule has 10 heteroatoms. The van der Waals surface area contributed by atoms with Crippen LogP contribution in [0.1, 0.15) is 16.1 Å². The van der Waals surface area contributed by atoms with Crippen molar-refractivity contribution in [2.24, 2.45) is 12.2 Å². The number of pyridine rings is 1. The Kier molecular flexibility index (Phi) is 4.74. The van der Waals surface area contributed by atoms with Gasteiger partial charge in [0.05, 0.1) is 35.8 Å². The maximum Gasteiger partial charge on any atom is 0.338 e. The van der Waals surface area contributed by atoms with Crippen LogP contribution >= 0.6 is 0 Å². The number of hydrogen-bond donors (Lipinski definition) is 1. The largest absolute Gasteiger partial charge is 0.465 e. The molecule has 3 aromatic heterocycles. The predicted octanol–water partition coefficient (Wildman–Crippen LogP) is 3.27. The Morgan fingerprint density at radius 3 is 2.67 bits per heavy atom. The highest BCUT2D eigenvalue weighted by Gasteiger charge is 2.21. The van der Waals surface area contributed by atoms with Crippen LogP contribution in [0.25, 0.3) is 28.0 Å². The monoisotopic (exact) mass is 411 g/mol. The lowest BCUT2D eigenvalue weighted by Crippen LogP contribution is -2.02. The second-order valence-corrected chi connectivity index (χ2v) is 6.42. The lowest BCUT2D eigenvalue weighted by molar-refractivity contribution is 0.0600. The van der Waals surface area contributed by atoms with Crippen LogP contribution in [0.4, 0.5) is 8.78 Å². The fourth-order valence-electron chi connectivity index (χ4n) is 3.27. The summed E-state index contributed by atoms with van der Waals surface area (Å²) < 4.78 is 36.1. The number of aromatic nitrogens is 4. The molecule has 0 bridgehead atoms. The van der Waals surface area contributed by atoms with Gasteiger partial charge >= 0.3 is 5.97 Å². The molecule has 0 atom stereocenters. The molecule has 1 aromatic carbocycles. The number of fused-ring (bicyclic) bond motifs is 1.